The molecule has 10 nitrogen and oxygen atoms in total. The average molecular weight is 767 g/mol. The molecule has 284 valence electrons. The number of hydrogen-bond acceptors (Lipinski definition) is 8. The molecule has 0 fully saturated rings. The van der Waals surface area contributed by atoms with Gasteiger partial charge in [-0.25, -0.2) is 4.90 Å². The van der Waals surface area contributed by atoms with Gasteiger partial charge in [0.25, 0.3) is 23.6 Å². The second-order valence-electron chi connectivity index (χ2n) is 12.7. The fourth-order valence-corrected chi connectivity index (χ4v) is 6.51. The molecule has 0 aliphatic carbocycles. The van der Waals surface area contributed by atoms with Crippen molar-refractivity contribution in [1.29, 1.82) is 0 Å². The maximum Gasteiger partial charge on any atom is 0.411 e. The van der Waals surface area contributed by atoms with Gasteiger partial charge in [0.2, 0.25) is 5.41 Å². The number of anilines is 1. The normalized spacial score (nSPS) is 14.4. The summed E-state index contributed by atoms with van der Waals surface area (Å²) in [5.74, 6) is -5.90. The fourth-order valence-electron chi connectivity index (χ4n) is 6.51. The van der Waals surface area contributed by atoms with E-state index in [0.29, 0.717) is 62.9 Å². The number of esters is 2. The van der Waals surface area contributed by atoms with Crippen molar-refractivity contribution in [3.63, 3.8) is 0 Å². The smallest absolute Gasteiger partial charge is 0.411 e. The quantitative estimate of drug-likeness (QED) is 0.0772. The lowest BCUT2D eigenvalue weighted by molar-refractivity contribution is -0.288. The number of carbonyl (C=O) groups is 6. The minimum atomic E-state index is -6.14. The number of nitrogens with zero attached hydrogens (tertiary/aromatic N) is 2. The summed E-state index contributed by atoms with van der Waals surface area (Å²) in [5.41, 5.74) is -9.12. The Bertz CT molecular complexity index is 2340. The Morgan fingerprint density at radius 1 is 0.582 bits per heavy atom. The molecule has 2 aliphatic heterocycles. The van der Waals surface area contributed by atoms with Gasteiger partial charge in [-0.05, 0) is 77.2 Å². The van der Waals surface area contributed by atoms with Crippen molar-refractivity contribution in [3.8, 4) is 22.6 Å². The lowest BCUT2D eigenvalue weighted by Gasteiger charge is -2.38. The summed E-state index contributed by atoms with van der Waals surface area (Å²) < 4.78 is 101. The van der Waals surface area contributed by atoms with Crippen molar-refractivity contribution in [1.82, 2.24) is 4.90 Å². The molecule has 0 bridgehead atoms. The van der Waals surface area contributed by atoms with E-state index in [9.17, 15) is 28.8 Å². The highest BCUT2D eigenvalue weighted by atomic mass is 19.4. The van der Waals surface area contributed by atoms with Gasteiger partial charge < -0.3 is 9.47 Å². The Morgan fingerprint density at radius 3 is 1.55 bits per heavy atom. The summed E-state index contributed by atoms with van der Waals surface area (Å²) in [5, 5.41) is 0. The van der Waals surface area contributed by atoms with Crippen LogP contribution in [0.4, 0.5) is 32.0 Å². The third-order valence-electron chi connectivity index (χ3n) is 9.44. The number of hydrogen-bond donors (Lipinski definition) is 0. The molecule has 0 radical (unpaired) electrons. The molecular formula is C39H28F6N2O8. The predicted molar refractivity (Wildman–Crippen MR) is 182 cm³/mol. The summed E-state index contributed by atoms with van der Waals surface area (Å²) in [6.07, 6.45) is -12.3. The lowest BCUT2D eigenvalue weighted by Crippen LogP contribution is -2.55. The maximum absolute atomic E-state index is 15.1. The first-order valence-corrected chi connectivity index (χ1v) is 16.6. The van der Waals surface area contributed by atoms with Gasteiger partial charge in [0.05, 0.1) is 27.9 Å². The van der Waals surface area contributed by atoms with Gasteiger partial charge in [-0.3, -0.25) is 33.7 Å². The minimum absolute atomic E-state index is 0.0969. The zero-order chi connectivity index (χ0) is 40.4. The molecule has 16 heteroatoms. The number of rotatable bonds is 8. The van der Waals surface area contributed by atoms with E-state index in [1.54, 1.807) is 26.0 Å². The Labute approximate surface area is 308 Å². The van der Waals surface area contributed by atoms with Crippen LogP contribution in [0, 0.1) is 6.92 Å². The largest absolute Gasteiger partial charge is 0.426 e. The molecule has 4 aromatic rings. The van der Waals surface area contributed by atoms with Gasteiger partial charge >= 0.3 is 24.3 Å². The first-order valence-electron chi connectivity index (χ1n) is 16.6. The number of aryl methyl sites for hydroxylation is 1. The fraction of sp³-hybridized carbons (Fsp3) is 0.231. The summed E-state index contributed by atoms with van der Waals surface area (Å²) in [7, 11) is 1.02. The molecular weight excluding hydrogens is 738 g/mol. The van der Waals surface area contributed by atoms with E-state index in [-0.39, 0.29) is 30.0 Å². The number of ether oxygens (including phenoxy) is 2. The van der Waals surface area contributed by atoms with Gasteiger partial charge in [-0.1, -0.05) is 44.2 Å². The van der Waals surface area contributed by atoms with E-state index in [1.165, 1.54) is 31.2 Å². The van der Waals surface area contributed by atoms with Crippen LogP contribution in [-0.4, -0.2) is 59.9 Å². The number of benzene rings is 4. The molecule has 0 unspecified atom stereocenters. The summed E-state index contributed by atoms with van der Waals surface area (Å²) in [4.78, 5) is 78.2. The van der Waals surface area contributed by atoms with Crippen LogP contribution >= 0.6 is 0 Å². The van der Waals surface area contributed by atoms with Crippen LogP contribution in [0.2, 0.25) is 0 Å². The summed E-state index contributed by atoms with van der Waals surface area (Å²) in [6, 6.07) is 11.7. The standard InChI is InChI=1S/C39H28F6N2O8/c1-5-31(48)54-29-15-20(8-7-19(29)3)21-9-14-28(30(16-21)55-32(49)6-2)47-35(52)25-13-11-23(18-27(25)36(47)53)37(38(40,41)42,39(43,44)45)22-10-12-24-26(17-22)34(51)46(4)33(24)50/h7-18H,5-6H2,1-4H3. The molecule has 2 heterocycles. The molecule has 0 N–H and O–H groups in total. The van der Waals surface area contributed by atoms with Crippen molar-refractivity contribution < 1.29 is 64.6 Å². The molecule has 4 amide bonds. The lowest BCUT2D eigenvalue weighted by atomic mass is 9.71. The summed E-state index contributed by atoms with van der Waals surface area (Å²) in [6.45, 7) is 4.77. The van der Waals surface area contributed by atoms with E-state index >= 15 is 26.3 Å². The van der Waals surface area contributed by atoms with Gasteiger partial charge in [-0.2, -0.15) is 26.3 Å². The molecule has 0 atom stereocenters. The van der Waals surface area contributed by atoms with Crippen LogP contribution in [-0.2, 0) is 15.0 Å². The van der Waals surface area contributed by atoms with E-state index in [0.717, 1.165) is 7.05 Å². The predicted octanol–water partition coefficient (Wildman–Crippen LogP) is 7.73. The Kier molecular flexibility index (Phi) is 9.44. The molecule has 0 saturated heterocycles. The highest BCUT2D eigenvalue weighted by molar-refractivity contribution is 6.35. The zero-order valence-electron chi connectivity index (χ0n) is 29.3. The van der Waals surface area contributed by atoms with E-state index < -0.39 is 86.7 Å². The first-order chi connectivity index (χ1) is 25.8. The topological polar surface area (TPSA) is 127 Å². The Balaban J connectivity index is 1.47. The van der Waals surface area contributed by atoms with Gasteiger partial charge in [0.1, 0.15) is 5.75 Å². The van der Waals surface area contributed by atoms with Crippen molar-refractivity contribution in [2.75, 3.05) is 11.9 Å². The third-order valence-corrected chi connectivity index (χ3v) is 9.44. The van der Waals surface area contributed by atoms with Crippen LogP contribution in [0.25, 0.3) is 11.1 Å². The second-order valence-corrected chi connectivity index (χ2v) is 12.7. The molecule has 0 aromatic heterocycles. The van der Waals surface area contributed by atoms with E-state index in [2.05, 4.69) is 0 Å². The number of fused-ring (bicyclic) bond motifs is 2. The van der Waals surface area contributed by atoms with Crippen molar-refractivity contribution in [2.45, 2.75) is 51.4 Å². The van der Waals surface area contributed by atoms with Crippen LogP contribution in [0.15, 0.2) is 72.8 Å². The van der Waals surface area contributed by atoms with Gasteiger partial charge in [0.15, 0.2) is 5.75 Å². The van der Waals surface area contributed by atoms with Gasteiger partial charge in [-0.15, -0.1) is 0 Å². The highest BCUT2D eigenvalue weighted by Gasteiger charge is 2.73. The minimum Gasteiger partial charge on any atom is -0.426 e. The molecule has 4 aromatic carbocycles. The second kappa shape index (κ2) is 13.5. The van der Waals surface area contributed by atoms with Crippen LogP contribution < -0.4 is 14.4 Å². The molecule has 0 saturated carbocycles. The van der Waals surface area contributed by atoms with Gasteiger partial charge in [0, 0.05) is 19.9 Å². The average Bonchev–Trinajstić information content (AvgIpc) is 3.50. The number of carbonyl (C=O) groups excluding carboxylic acids is 6. The Hall–Kier alpha value is -6.32. The van der Waals surface area contributed by atoms with Crippen LogP contribution in [0.1, 0.15) is 84.8 Å². The highest BCUT2D eigenvalue weighted by Crippen LogP contribution is 2.57. The Morgan fingerprint density at radius 2 is 1.02 bits per heavy atom. The SMILES string of the molecule is CCC(=O)Oc1cc(-c2ccc(N3C(=O)c4ccc(C(c5ccc6c(c5)C(=O)N(C)C6=O)(C(F)(F)F)C(F)(F)F)cc4C3=O)c(OC(=O)CC)c2)ccc1C. The van der Waals surface area contributed by atoms with Crippen LogP contribution in [0.5, 0.6) is 11.5 Å². The van der Waals surface area contributed by atoms with E-state index in [4.69, 9.17) is 9.47 Å². The number of alkyl halides is 6. The monoisotopic (exact) mass is 766 g/mol. The number of halogens is 6. The molecule has 55 heavy (non-hydrogen) atoms. The molecule has 0 spiro atoms. The van der Waals surface area contributed by atoms with E-state index in [1.807, 2.05) is 0 Å². The number of imide groups is 2. The van der Waals surface area contributed by atoms with Crippen molar-refractivity contribution in [3.05, 3.63) is 112 Å². The molecule has 6 rings (SSSR count). The van der Waals surface area contributed by atoms with Crippen LogP contribution in [0.3, 0.4) is 0 Å². The maximum atomic E-state index is 15.1. The van der Waals surface area contributed by atoms with Crippen molar-refractivity contribution >= 4 is 41.3 Å². The zero-order valence-corrected chi connectivity index (χ0v) is 29.3. The molecule has 2 aliphatic rings. The first kappa shape index (κ1) is 38.4. The number of amides is 4. The third kappa shape index (κ3) is 6.10. The summed E-state index contributed by atoms with van der Waals surface area (Å²) >= 11 is 0. The van der Waals surface area contributed by atoms with Crippen molar-refractivity contribution in [2.24, 2.45) is 0 Å².